The van der Waals surface area contributed by atoms with E-state index in [-0.39, 0.29) is 11.9 Å². The number of benzene rings is 1. The van der Waals surface area contributed by atoms with Gasteiger partial charge in [0.2, 0.25) is 0 Å². The van der Waals surface area contributed by atoms with Crippen LogP contribution in [0.3, 0.4) is 0 Å². The molecule has 0 heterocycles. The number of aryl methyl sites for hydroxylation is 1. The summed E-state index contributed by atoms with van der Waals surface area (Å²) in [5, 5.41) is 13.0. The van der Waals surface area contributed by atoms with Crippen LogP contribution in [0.2, 0.25) is 0 Å². The van der Waals surface area contributed by atoms with E-state index in [1.165, 1.54) is 6.07 Å². The van der Waals surface area contributed by atoms with Crippen LogP contribution >= 0.6 is 0 Å². The van der Waals surface area contributed by atoms with Gasteiger partial charge in [0.25, 0.3) is 0 Å². The number of rotatable bonds is 5. The smallest absolute Gasteiger partial charge is 0.123 e. The first-order valence-corrected chi connectivity index (χ1v) is 6.01. The Hall–Kier alpha value is -0.930. The molecule has 1 rings (SSSR count). The van der Waals surface area contributed by atoms with Gasteiger partial charge >= 0.3 is 0 Å². The predicted octanol–water partition coefficient (Wildman–Crippen LogP) is 2.43. The highest BCUT2D eigenvalue weighted by atomic mass is 19.1. The third-order valence-electron chi connectivity index (χ3n) is 3.21. The lowest BCUT2D eigenvalue weighted by Gasteiger charge is -2.27. The van der Waals surface area contributed by atoms with Crippen molar-refractivity contribution in [2.45, 2.75) is 45.8 Å². The first-order valence-electron chi connectivity index (χ1n) is 6.01. The molecule has 1 unspecified atom stereocenters. The van der Waals surface area contributed by atoms with Gasteiger partial charge in [0.15, 0.2) is 0 Å². The summed E-state index contributed by atoms with van der Waals surface area (Å²) in [6.07, 6.45) is 0.840. The second-order valence-electron chi connectivity index (χ2n) is 5.15. The molecule has 0 radical (unpaired) electrons. The highest BCUT2D eigenvalue weighted by Gasteiger charge is 2.21. The van der Waals surface area contributed by atoms with E-state index in [4.69, 9.17) is 0 Å². The Balaban J connectivity index is 2.46. The van der Waals surface area contributed by atoms with Gasteiger partial charge in [-0.15, -0.1) is 0 Å². The fraction of sp³-hybridized carbons (Fsp3) is 0.571. The monoisotopic (exact) mass is 239 g/mol. The van der Waals surface area contributed by atoms with Crippen LogP contribution in [-0.4, -0.2) is 23.3 Å². The van der Waals surface area contributed by atoms with E-state index in [2.05, 4.69) is 5.32 Å². The van der Waals surface area contributed by atoms with Crippen molar-refractivity contribution in [1.29, 1.82) is 0 Å². The summed E-state index contributed by atoms with van der Waals surface area (Å²) in [6.45, 7) is 8.22. The van der Waals surface area contributed by atoms with Crippen molar-refractivity contribution in [3.8, 4) is 0 Å². The van der Waals surface area contributed by atoms with Gasteiger partial charge in [-0.2, -0.15) is 0 Å². The Labute approximate surface area is 103 Å². The maximum atomic E-state index is 12.9. The Morgan fingerprint density at radius 3 is 2.59 bits per heavy atom. The van der Waals surface area contributed by atoms with E-state index in [9.17, 15) is 9.50 Å². The van der Waals surface area contributed by atoms with Crippen molar-refractivity contribution in [2.24, 2.45) is 0 Å². The van der Waals surface area contributed by atoms with Crippen LogP contribution < -0.4 is 5.32 Å². The minimum atomic E-state index is -0.724. The van der Waals surface area contributed by atoms with Crippen molar-refractivity contribution in [3.05, 3.63) is 35.1 Å². The fourth-order valence-electron chi connectivity index (χ4n) is 1.61. The van der Waals surface area contributed by atoms with Crippen LogP contribution in [0.15, 0.2) is 18.2 Å². The Kier molecular flexibility index (Phi) is 4.66. The maximum Gasteiger partial charge on any atom is 0.123 e. The summed E-state index contributed by atoms with van der Waals surface area (Å²) in [6, 6.07) is 4.89. The maximum absolute atomic E-state index is 12.9. The van der Waals surface area contributed by atoms with Gasteiger partial charge in [0, 0.05) is 6.04 Å². The molecule has 0 saturated heterocycles. The van der Waals surface area contributed by atoms with Crippen LogP contribution in [0.5, 0.6) is 0 Å². The van der Waals surface area contributed by atoms with Gasteiger partial charge in [0.1, 0.15) is 5.82 Å². The number of hydrogen-bond acceptors (Lipinski definition) is 2. The minimum Gasteiger partial charge on any atom is -0.389 e. The second-order valence-corrected chi connectivity index (χ2v) is 5.15. The van der Waals surface area contributed by atoms with Crippen molar-refractivity contribution in [3.63, 3.8) is 0 Å². The van der Waals surface area contributed by atoms with E-state index < -0.39 is 5.60 Å². The fourth-order valence-corrected chi connectivity index (χ4v) is 1.61. The van der Waals surface area contributed by atoms with Crippen LogP contribution in [-0.2, 0) is 6.42 Å². The van der Waals surface area contributed by atoms with Crippen LogP contribution in [0.4, 0.5) is 4.39 Å². The van der Waals surface area contributed by atoms with Crippen LogP contribution in [0, 0.1) is 12.7 Å². The quantitative estimate of drug-likeness (QED) is 0.827. The Bertz CT molecular complexity index is 371. The van der Waals surface area contributed by atoms with Crippen LogP contribution in [0.1, 0.15) is 31.9 Å². The van der Waals surface area contributed by atoms with Crippen molar-refractivity contribution < 1.29 is 9.50 Å². The summed E-state index contributed by atoms with van der Waals surface area (Å²) in [7, 11) is 0. The third-order valence-corrected chi connectivity index (χ3v) is 3.21. The van der Waals surface area contributed by atoms with Gasteiger partial charge in [0.05, 0.1) is 5.60 Å². The zero-order chi connectivity index (χ0) is 13.1. The summed E-state index contributed by atoms with van der Waals surface area (Å²) in [5.41, 5.74) is 1.39. The molecule has 96 valence electrons. The van der Waals surface area contributed by atoms with E-state index in [1.54, 1.807) is 19.9 Å². The molecule has 17 heavy (non-hydrogen) atoms. The number of hydrogen-bond donors (Lipinski definition) is 2. The lowest BCUT2D eigenvalue weighted by atomic mass is 10.00. The summed E-state index contributed by atoms with van der Waals surface area (Å²) >= 11 is 0. The zero-order valence-corrected chi connectivity index (χ0v) is 11.0. The normalized spacial score (nSPS) is 13.8. The highest BCUT2D eigenvalue weighted by molar-refractivity contribution is 5.26. The van der Waals surface area contributed by atoms with Crippen molar-refractivity contribution in [1.82, 2.24) is 5.32 Å². The number of halogens is 1. The molecule has 0 aliphatic rings. The molecule has 1 aromatic carbocycles. The summed E-state index contributed by atoms with van der Waals surface area (Å²) in [5.74, 6) is -0.191. The minimum absolute atomic E-state index is 0.0308. The molecule has 0 bridgehead atoms. The van der Waals surface area contributed by atoms with Gasteiger partial charge in [-0.25, -0.2) is 4.39 Å². The molecule has 0 aliphatic heterocycles. The molecule has 1 atom stereocenters. The molecule has 0 spiro atoms. The van der Waals surface area contributed by atoms with Crippen molar-refractivity contribution in [2.75, 3.05) is 6.54 Å². The molecular weight excluding hydrogens is 217 g/mol. The average Bonchev–Trinajstić information content (AvgIpc) is 2.19. The molecule has 3 heteroatoms. The van der Waals surface area contributed by atoms with Crippen molar-refractivity contribution >= 4 is 0 Å². The van der Waals surface area contributed by atoms with Gasteiger partial charge in [-0.3, -0.25) is 0 Å². The highest BCUT2D eigenvalue weighted by Crippen LogP contribution is 2.11. The van der Waals surface area contributed by atoms with E-state index >= 15 is 0 Å². The standard InChI is InChI=1S/C14H22FNO/c1-10-9-13(15)6-5-12(10)7-8-16-11(2)14(3,4)17/h5-6,9,11,16-17H,7-8H2,1-4H3. The molecule has 0 amide bonds. The lowest BCUT2D eigenvalue weighted by Crippen LogP contribution is -2.45. The molecule has 2 nitrogen and oxygen atoms in total. The van der Waals surface area contributed by atoms with Crippen LogP contribution in [0.25, 0.3) is 0 Å². The number of aliphatic hydroxyl groups is 1. The second kappa shape index (κ2) is 5.61. The zero-order valence-electron chi connectivity index (χ0n) is 11.0. The Morgan fingerprint density at radius 1 is 1.41 bits per heavy atom. The van der Waals surface area contributed by atoms with E-state index in [1.807, 2.05) is 19.9 Å². The summed E-state index contributed by atoms with van der Waals surface area (Å²) < 4.78 is 12.9. The van der Waals surface area contributed by atoms with E-state index in [0.717, 1.165) is 24.1 Å². The van der Waals surface area contributed by atoms with Gasteiger partial charge < -0.3 is 10.4 Å². The molecule has 1 aromatic rings. The largest absolute Gasteiger partial charge is 0.389 e. The lowest BCUT2D eigenvalue weighted by molar-refractivity contribution is 0.0446. The molecule has 2 N–H and O–H groups in total. The molecule has 0 fully saturated rings. The van der Waals surface area contributed by atoms with Gasteiger partial charge in [-0.1, -0.05) is 6.07 Å². The third kappa shape index (κ3) is 4.44. The molecule has 0 saturated carbocycles. The molecule has 0 aliphatic carbocycles. The molecule has 0 aromatic heterocycles. The number of nitrogens with one attached hydrogen (secondary N) is 1. The van der Waals surface area contributed by atoms with Gasteiger partial charge in [-0.05, 0) is 63.9 Å². The topological polar surface area (TPSA) is 32.3 Å². The summed E-state index contributed by atoms with van der Waals surface area (Å²) in [4.78, 5) is 0. The predicted molar refractivity (Wildman–Crippen MR) is 68.6 cm³/mol. The first-order chi connectivity index (χ1) is 7.80. The first kappa shape index (κ1) is 14.1. The molecular formula is C14H22FNO. The van der Waals surface area contributed by atoms with E-state index in [0.29, 0.717) is 0 Å². The Morgan fingerprint density at radius 2 is 2.06 bits per heavy atom. The SMILES string of the molecule is Cc1cc(F)ccc1CCNC(C)C(C)(C)O. The average molecular weight is 239 g/mol.